The van der Waals surface area contributed by atoms with Crippen LogP contribution >= 0.6 is 11.3 Å². The Hall–Kier alpha value is -1.10. The van der Waals surface area contributed by atoms with Gasteiger partial charge in [-0.3, -0.25) is 4.99 Å². The van der Waals surface area contributed by atoms with Gasteiger partial charge < -0.3 is 11.1 Å². The maximum atomic E-state index is 5.74. The number of nitrogens with two attached hydrogens (primary N) is 1. The number of aromatic nitrogens is 1. The van der Waals surface area contributed by atoms with Gasteiger partial charge in [0.1, 0.15) is 0 Å². The lowest BCUT2D eigenvalue weighted by molar-refractivity contribution is 0.636. The van der Waals surface area contributed by atoms with Gasteiger partial charge in [-0.05, 0) is 20.3 Å². The number of nitrogens with one attached hydrogen (secondary N) is 1. The molecule has 4 nitrogen and oxygen atoms in total. The van der Waals surface area contributed by atoms with Gasteiger partial charge in [-0.2, -0.15) is 0 Å². The maximum absolute atomic E-state index is 5.74. The van der Waals surface area contributed by atoms with E-state index in [1.165, 1.54) is 4.88 Å². The molecule has 1 aromatic heterocycles. The number of aliphatic imine (C=N–C) groups is 1. The van der Waals surface area contributed by atoms with Gasteiger partial charge in [-0.15, -0.1) is 11.3 Å². The number of aryl methyl sites for hydroxylation is 1. The fourth-order valence-electron chi connectivity index (χ4n) is 1.19. The zero-order valence-corrected chi connectivity index (χ0v) is 11.0. The Morgan fingerprint density at radius 1 is 1.69 bits per heavy atom. The second-order valence-corrected chi connectivity index (χ2v) is 5.15. The summed E-state index contributed by atoms with van der Waals surface area (Å²) >= 11 is 1.72. The van der Waals surface area contributed by atoms with Gasteiger partial charge in [-0.1, -0.05) is 6.92 Å². The quantitative estimate of drug-likeness (QED) is 0.608. The van der Waals surface area contributed by atoms with Gasteiger partial charge in [0.25, 0.3) is 0 Å². The molecule has 1 unspecified atom stereocenters. The van der Waals surface area contributed by atoms with Gasteiger partial charge in [0.05, 0.1) is 5.01 Å². The maximum Gasteiger partial charge on any atom is 0.188 e. The summed E-state index contributed by atoms with van der Waals surface area (Å²) in [5.74, 6) is 0.530. The van der Waals surface area contributed by atoms with Crippen LogP contribution < -0.4 is 11.1 Å². The molecule has 1 heterocycles. The second-order valence-electron chi connectivity index (χ2n) is 3.84. The Balaban J connectivity index is 2.30. The van der Waals surface area contributed by atoms with Crippen molar-refractivity contribution in [3.63, 3.8) is 0 Å². The molecular formula is C11H20N4S. The second kappa shape index (κ2) is 6.48. The molecule has 0 spiro atoms. The van der Waals surface area contributed by atoms with Gasteiger partial charge in [-0.25, -0.2) is 4.98 Å². The highest BCUT2D eigenvalue weighted by Gasteiger charge is 2.00. The normalized spacial score (nSPS) is 13.8. The van der Waals surface area contributed by atoms with Crippen molar-refractivity contribution in [2.45, 2.75) is 39.7 Å². The lowest BCUT2D eigenvalue weighted by Gasteiger charge is -2.11. The zero-order chi connectivity index (χ0) is 12.0. The molecule has 0 amide bonds. The molecule has 0 fully saturated rings. The highest BCUT2D eigenvalue weighted by atomic mass is 32.1. The molecule has 0 radical (unpaired) electrons. The number of hydrogen-bond donors (Lipinski definition) is 2. The van der Waals surface area contributed by atoms with E-state index in [0.717, 1.165) is 17.8 Å². The summed E-state index contributed by atoms with van der Waals surface area (Å²) in [5.41, 5.74) is 5.74. The average Bonchev–Trinajstić information content (AvgIpc) is 2.64. The topological polar surface area (TPSA) is 63.3 Å². The van der Waals surface area contributed by atoms with E-state index < -0.39 is 0 Å². The van der Waals surface area contributed by atoms with E-state index in [1.807, 2.05) is 6.20 Å². The van der Waals surface area contributed by atoms with Crippen molar-refractivity contribution in [1.29, 1.82) is 0 Å². The first-order valence-electron chi connectivity index (χ1n) is 5.59. The molecule has 0 saturated carbocycles. The van der Waals surface area contributed by atoms with Crippen LogP contribution in [0.3, 0.4) is 0 Å². The molecule has 0 saturated heterocycles. The summed E-state index contributed by atoms with van der Waals surface area (Å²) in [4.78, 5) is 9.78. The van der Waals surface area contributed by atoms with Crippen molar-refractivity contribution in [3.05, 3.63) is 16.1 Å². The molecule has 1 aromatic rings. The Morgan fingerprint density at radius 3 is 3.00 bits per heavy atom. The fourth-order valence-corrected chi connectivity index (χ4v) is 1.96. The molecule has 1 atom stereocenters. The van der Waals surface area contributed by atoms with Crippen molar-refractivity contribution in [2.75, 3.05) is 6.54 Å². The standard InChI is InChI=1S/C11H20N4S/c1-4-8(2)15-11(12)13-6-5-10-14-7-9(3)16-10/h7-8H,4-6H2,1-3H3,(H3,12,13,15). The van der Waals surface area contributed by atoms with Crippen LogP contribution in [0.5, 0.6) is 0 Å². The van der Waals surface area contributed by atoms with Crippen molar-refractivity contribution in [3.8, 4) is 0 Å². The summed E-state index contributed by atoms with van der Waals surface area (Å²) in [6.07, 6.45) is 3.80. The molecule has 16 heavy (non-hydrogen) atoms. The molecule has 1 rings (SSSR count). The summed E-state index contributed by atoms with van der Waals surface area (Å²) in [6, 6.07) is 0.380. The number of nitrogens with zero attached hydrogens (tertiary/aromatic N) is 2. The summed E-state index contributed by atoms with van der Waals surface area (Å²) < 4.78 is 0. The molecule has 0 aliphatic rings. The largest absolute Gasteiger partial charge is 0.370 e. The predicted octanol–water partition coefficient (Wildman–Crippen LogP) is 1.70. The highest BCUT2D eigenvalue weighted by Crippen LogP contribution is 2.11. The van der Waals surface area contributed by atoms with Gasteiger partial charge in [0.2, 0.25) is 0 Å². The van der Waals surface area contributed by atoms with Gasteiger partial charge >= 0.3 is 0 Å². The third kappa shape index (κ3) is 4.61. The van der Waals surface area contributed by atoms with Crippen LogP contribution in [-0.4, -0.2) is 23.5 Å². The van der Waals surface area contributed by atoms with E-state index in [9.17, 15) is 0 Å². The lowest BCUT2D eigenvalue weighted by atomic mass is 10.3. The average molecular weight is 240 g/mol. The Kier molecular flexibility index (Phi) is 5.25. The third-order valence-electron chi connectivity index (χ3n) is 2.28. The summed E-state index contributed by atoms with van der Waals surface area (Å²) in [6.45, 7) is 6.96. The molecule has 5 heteroatoms. The first kappa shape index (κ1) is 13.0. The molecule has 0 aromatic carbocycles. The van der Waals surface area contributed by atoms with Gasteiger partial charge in [0, 0.05) is 30.1 Å². The number of thiazole rings is 1. The zero-order valence-electron chi connectivity index (χ0n) is 10.2. The van der Waals surface area contributed by atoms with E-state index >= 15 is 0 Å². The first-order valence-corrected chi connectivity index (χ1v) is 6.41. The van der Waals surface area contributed by atoms with Crippen molar-refractivity contribution in [2.24, 2.45) is 10.7 Å². The van der Waals surface area contributed by atoms with Gasteiger partial charge in [0.15, 0.2) is 5.96 Å². The van der Waals surface area contributed by atoms with Crippen LogP contribution in [0, 0.1) is 6.92 Å². The van der Waals surface area contributed by atoms with Crippen molar-refractivity contribution < 1.29 is 0 Å². The van der Waals surface area contributed by atoms with E-state index in [4.69, 9.17) is 5.73 Å². The molecule has 3 N–H and O–H groups in total. The Labute approximate surface area is 101 Å². The summed E-state index contributed by atoms with van der Waals surface area (Å²) in [7, 11) is 0. The number of guanidine groups is 1. The van der Waals surface area contributed by atoms with E-state index in [0.29, 0.717) is 18.5 Å². The molecular weight excluding hydrogens is 220 g/mol. The highest BCUT2D eigenvalue weighted by molar-refractivity contribution is 7.11. The smallest absolute Gasteiger partial charge is 0.188 e. The number of hydrogen-bond acceptors (Lipinski definition) is 3. The minimum absolute atomic E-state index is 0.380. The fraction of sp³-hybridized carbons (Fsp3) is 0.636. The first-order chi connectivity index (χ1) is 7.61. The summed E-state index contributed by atoms with van der Waals surface area (Å²) in [5, 5.41) is 4.25. The molecule has 0 aliphatic heterocycles. The lowest BCUT2D eigenvalue weighted by Crippen LogP contribution is -2.38. The monoisotopic (exact) mass is 240 g/mol. The van der Waals surface area contributed by atoms with Crippen LogP contribution in [0.2, 0.25) is 0 Å². The Morgan fingerprint density at radius 2 is 2.44 bits per heavy atom. The molecule has 90 valence electrons. The van der Waals surface area contributed by atoms with E-state index in [-0.39, 0.29) is 0 Å². The predicted molar refractivity (Wildman–Crippen MR) is 69.9 cm³/mol. The molecule has 0 bridgehead atoms. The SMILES string of the molecule is CCC(C)NC(N)=NCCc1ncc(C)s1. The van der Waals surface area contributed by atoms with E-state index in [1.54, 1.807) is 11.3 Å². The van der Waals surface area contributed by atoms with Crippen molar-refractivity contribution >= 4 is 17.3 Å². The van der Waals surface area contributed by atoms with Crippen LogP contribution in [0.15, 0.2) is 11.2 Å². The number of rotatable bonds is 5. The van der Waals surface area contributed by atoms with Crippen LogP contribution in [0.4, 0.5) is 0 Å². The van der Waals surface area contributed by atoms with E-state index in [2.05, 4.69) is 36.1 Å². The third-order valence-corrected chi connectivity index (χ3v) is 3.26. The van der Waals surface area contributed by atoms with Crippen molar-refractivity contribution in [1.82, 2.24) is 10.3 Å². The van der Waals surface area contributed by atoms with Crippen LogP contribution in [-0.2, 0) is 6.42 Å². The molecule has 0 aliphatic carbocycles. The minimum Gasteiger partial charge on any atom is -0.370 e. The van der Waals surface area contributed by atoms with Crippen LogP contribution in [0.25, 0.3) is 0 Å². The van der Waals surface area contributed by atoms with Crippen LogP contribution in [0.1, 0.15) is 30.2 Å². The minimum atomic E-state index is 0.380. The Bertz CT molecular complexity index is 346.